The van der Waals surface area contributed by atoms with Crippen LogP contribution in [0.2, 0.25) is 0 Å². The third kappa shape index (κ3) is 6.04. The molecule has 5 aliphatic carbocycles. The molecule has 1 spiro atoms. The molecule has 10 aromatic rings. The second-order valence-electron chi connectivity index (χ2n) is 23.0. The molecule has 0 radical (unpaired) electrons. The van der Waals surface area contributed by atoms with Gasteiger partial charge in [-0.3, -0.25) is 0 Å². The topological polar surface area (TPSA) is 3.24 Å². The first-order chi connectivity index (χ1) is 36.2. The Morgan fingerprint density at radius 2 is 0.770 bits per heavy atom. The summed E-state index contributed by atoms with van der Waals surface area (Å²) in [5.41, 5.74) is 30.7. The summed E-state index contributed by atoms with van der Waals surface area (Å²) in [5, 5.41) is 0. The van der Waals surface area contributed by atoms with E-state index in [1.807, 2.05) is 0 Å². The lowest BCUT2D eigenvalue weighted by atomic mass is 9.70. The monoisotopic (exact) mass is 949 g/mol. The van der Waals surface area contributed by atoms with E-state index in [0.717, 1.165) is 0 Å². The van der Waals surface area contributed by atoms with Crippen molar-refractivity contribution in [3.8, 4) is 66.8 Å². The Bertz CT molecular complexity index is 3940. The second-order valence-corrected chi connectivity index (χ2v) is 23.0. The Balaban J connectivity index is 0.942. The van der Waals surface area contributed by atoms with Crippen LogP contribution in [-0.4, -0.2) is 0 Å². The minimum Gasteiger partial charge on any atom is -0.310 e. The highest BCUT2D eigenvalue weighted by atomic mass is 15.1. The minimum atomic E-state index is -0.517. The maximum absolute atomic E-state index is 2.61. The lowest BCUT2D eigenvalue weighted by Crippen LogP contribution is -2.26. The van der Waals surface area contributed by atoms with Crippen LogP contribution < -0.4 is 4.90 Å². The van der Waals surface area contributed by atoms with Gasteiger partial charge in [-0.15, -0.1) is 0 Å². The quantitative estimate of drug-likeness (QED) is 0.161. The SMILES string of the molecule is CC1(C)c2ccccc2-c2ccc(N(c3ccc4c(c3)C(C)(C)c3cc(-c5ccccc5)ccc3-4)c3cccc4c3-c3ccccc3C43c4ccccc4-c4ccc(-c5ccc(C6CCCCC6)cc5)cc43)cc21. The second kappa shape index (κ2) is 16.0. The normalized spacial score (nSPS) is 17.7. The largest absolute Gasteiger partial charge is 0.310 e. The average molecular weight is 950 g/mol. The van der Waals surface area contributed by atoms with Gasteiger partial charge in [0, 0.05) is 27.8 Å². The molecule has 1 saturated carbocycles. The molecule has 0 aliphatic heterocycles. The summed E-state index contributed by atoms with van der Waals surface area (Å²) in [6, 6.07) is 84.3. The van der Waals surface area contributed by atoms with E-state index in [-0.39, 0.29) is 10.8 Å². The lowest BCUT2D eigenvalue weighted by Gasteiger charge is -2.33. The maximum atomic E-state index is 2.61. The predicted molar refractivity (Wildman–Crippen MR) is 309 cm³/mol. The first kappa shape index (κ1) is 43.6. The van der Waals surface area contributed by atoms with E-state index < -0.39 is 5.41 Å². The van der Waals surface area contributed by atoms with E-state index in [1.54, 1.807) is 0 Å². The summed E-state index contributed by atoms with van der Waals surface area (Å²) >= 11 is 0. The molecule has 0 bridgehead atoms. The van der Waals surface area contributed by atoms with Crippen molar-refractivity contribution < 1.29 is 0 Å². The van der Waals surface area contributed by atoms with Crippen molar-refractivity contribution >= 4 is 17.1 Å². The van der Waals surface area contributed by atoms with Crippen LogP contribution in [-0.2, 0) is 16.2 Å². The molecule has 74 heavy (non-hydrogen) atoms. The molecular weight excluding hydrogens is 891 g/mol. The average Bonchev–Trinajstić information content (AvgIpc) is 4.09. The van der Waals surface area contributed by atoms with Crippen LogP contribution in [0.15, 0.2) is 218 Å². The van der Waals surface area contributed by atoms with E-state index in [4.69, 9.17) is 0 Å². The van der Waals surface area contributed by atoms with Crippen LogP contribution in [0.1, 0.15) is 116 Å². The van der Waals surface area contributed by atoms with Crippen LogP contribution in [0.3, 0.4) is 0 Å². The molecule has 0 aromatic heterocycles. The van der Waals surface area contributed by atoms with Crippen molar-refractivity contribution in [2.45, 2.75) is 82.0 Å². The van der Waals surface area contributed by atoms with Crippen molar-refractivity contribution in [3.05, 3.63) is 268 Å². The maximum Gasteiger partial charge on any atom is 0.0726 e. The number of nitrogens with zero attached hydrogens (tertiary/aromatic N) is 1. The molecule has 1 fully saturated rings. The van der Waals surface area contributed by atoms with Crippen molar-refractivity contribution in [2.75, 3.05) is 4.90 Å². The number of fused-ring (bicyclic) bond motifs is 16. The highest BCUT2D eigenvalue weighted by Crippen LogP contribution is 2.65. The van der Waals surface area contributed by atoms with Crippen LogP contribution in [0.5, 0.6) is 0 Å². The zero-order valence-electron chi connectivity index (χ0n) is 42.8. The first-order valence-electron chi connectivity index (χ1n) is 27.2. The molecular formula is C73H59N. The molecule has 0 N–H and O–H groups in total. The molecule has 0 heterocycles. The van der Waals surface area contributed by atoms with Gasteiger partial charge in [-0.1, -0.05) is 223 Å². The Morgan fingerprint density at radius 1 is 0.324 bits per heavy atom. The number of anilines is 3. The van der Waals surface area contributed by atoms with E-state index in [0.29, 0.717) is 5.92 Å². The van der Waals surface area contributed by atoms with Gasteiger partial charge >= 0.3 is 0 Å². The highest BCUT2D eigenvalue weighted by molar-refractivity contribution is 6.02. The van der Waals surface area contributed by atoms with Crippen molar-refractivity contribution in [1.29, 1.82) is 0 Å². The van der Waals surface area contributed by atoms with Gasteiger partial charge in [0.05, 0.1) is 11.1 Å². The van der Waals surface area contributed by atoms with Gasteiger partial charge in [-0.05, 0) is 172 Å². The molecule has 1 unspecified atom stereocenters. The first-order valence-corrected chi connectivity index (χ1v) is 27.2. The molecule has 1 atom stereocenters. The Labute approximate surface area is 436 Å². The van der Waals surface area contributed by atoms with Gasteiger partial charge in [0.15, 0.2) is 0 Å². The summed E-state index contributed by atoms with van der Waals surface area (Å²) < 4.78 is 0. The molecule has 1 nitrogen and oxygen atoms in total. The van der Waals surface area contributed by atoms with Gasteiger partial charge in [-0.25, -0.2) is 0 Å². The van der Waals surface area contributed by atoms with E-state index in [1.165, 1.54) is 166 Å². The molecule has 10 aromatic carbocycles. The Morgan fingerprint density at radius 3 is 1.42 bits per heavy atom. The van der Waals surface area contributed by atoms with Gasteiger partial charge in [0.2, 0.25) is 0 Å². The standard InChI is InChI=1S/C73H59N/c1-71(2)61-25-14-11-22-54(61)57-40-36-52(44-66(57)71)74(53-37-41-58-56-38-34-50(47-20-9-6-10-21-47)42-65(56)72(3,4)67(58)45-53)69-29-17-28-64-70(69)60-24-13-16-27-63(60)73(64)62-26-15-12-23-55(62)59-39-35-51(43-68(59)73)49-32-30-48(31-33-49)46-18-7-5-8-19-46/h6,9-17,20-46H,5,7-8,18-19H2,1-4H3. The van der Waals surface area contributed by atoms with E-state index >= 15 is 0 Å². The zero-order chi connectivity index (χ0) is 49.5. The van der Waals surface area contributed by atoms with Crippen LogP contribution in [0.4, 0.5) is 17.1 Å². The van der Waals surface area contributed by atoms with Gasteiger partial charge in [0.25, 0.3) is 0 Å². The molecule has 0 amide bonds. The third-order valence-electron chi connectivity index (χ3n) is 18.5. The molecule has 5 aliphatic rings. The van der Waals surface area contributed by atoms with Crippen molar-refractivity contribution in [2.24, 2.45) is 0 Å². The molecule has 1 heteroatoms. The van der Waals surface area contributed by atoms with Crippen molar-refractivity contribution in [1.82, 2.24) is 0 Å². The minimum absolute atomic E-state index is 0.161. The lowest BCUT2D eigenvalue weighted by molar-refractivity contribution is 0.443. The number of hydrogen-bond acceptors (Lipinski definition) is 1. The summed E-state index contributed by atoms with van der Waals surface area (Å²) in [6.45, 7) is 9.65. The molecule has 0 saturated heterocycles. The van der Waals surface area contributed by atoms with Gasteiger partial charge in [0.1, 0.15) is 0 Å². The van der Waals surface area contributed by atoms with Crippen molar-refractivity contribution in [3.63, 3.8) is 0 Å². The summed E-state index contributed by atoms with van der Waals surface area (Å²) in [7, 11) is 0. The van der Waals surface area contributed by atoms with Crippen LogP contribution in [0, 0.1) is 0 Å². The summed E-state index contributed by atoms with van der Waals surface area (Å²) in [5.74, 6) is 0.683. The predicted octanol–water partition coefficient (Wildman–Crippen LogP) is 19.5. The Hall–Kier alpha value is -8.00. The number of benzene rings is 10. The third-order valence-corrected chi connectivity index (χ3v) is 18.5. The summed E-state index contributed by atoms with van der Waals surface area (Å²) in [4.78, 5) is 2.61. The van der Waals surface area contributed by atoms with Crippen LogP contribution in [0.25, 0.3) is 66.8 Å². The van der Waals surface area contributed by atoms with E-state index in [2.05, 4.69) is 251 Å². The fourth-order valence-corrected chi connectivity index (χ4v) is 14.9. The zero-order valence-corrected chi connectivity index (χ0v) is 42.8. The van der Waals surface area contributed by atoms with Gasteiger partial charge in [-0.2, -0.15) is 0 Å². The fraction of sp³-hybridized carbons (Fsp3) is 0.178. The Kier molecular flexibility index (Phi) is 9.42. The van der Waals surface area contributed by atoms with E-state index in [9.17, 15) is 0 Å². The fourth-order valence-electron chi connectivity index (χ4n) is 14.9. The van der Waals surface area contributed by atoms with Gasteiger partial charge < -0.3 is 4.90 Å². The summed E-state index contributed by atoms with van der Waals surface area (Å²) in [6.07, 6.45) is 6.69. The molecule has 15 rings (SSSR count). The number of hydrogen-bond donors (Lipinski definition) is 0. The number of rotatable bonds is 6. The smallest absolute Gasteiger partial charge is 0.0726 e. The van der Waals surface area contributed by atoms with Crippen LogP contribution >= 0.6 is 0 Å². The molecule has 356 valence electrons. The highest BCUT2D eigenvalue weighted by Gasteiger charge is 2.53.